The summed E-state index contributed by atoms with van der Waals surface area (Å²) in [6.45, 7) is 4.80. The van der Waals surface area contributed by atoms with Crippen LogP contribution in [0.4, 0.5) is 0 Å². The summed E-state index contributed by atoms with van der Waals surface area (Å²) >= 11 is 3.48. The van der Waals surface area contributed by atoms with E-state index in [4.69, 9.17) is 0 Å². The standard InChI is InChI=1S/C13H20BrNO/c1-3-12(16)9-15-13(4-2)10-6-5-7-11(14)8-10/h5-8,12-13,15-16H,3-4,9H2,1-2H3. The Morgan fingerprint density at radius 1 is 1.31 bits per heavy atom. The van der Waals surface area contributed by atoms with Gasteiger partial charge in [0.15, 0.2) is 0 Å². The van der Waals surface area contributed by atoms with Crippen molar-refractivity contribution in [2.75, 3.05) is 6.54 Å². The second-order valence-electron chi connectivity index (χ2n) is 3.99. The van der Waals surface area contributed by atoms with E-state index in [0.717, 1.165) is 17.3 Å². The molecule has 1 aromatic carbocycles. The molecule has 90 valence electrons. The third kappa shape index (κ3) is 4.24. The number of hydrogen-bond donors (Lipinski definition) is 2. The highest BCUT2D eigenvalue weighted by atomic mass is 79.9. The van der Waals surface area contributed by atoms with Crippen molar-refractivity contribution in [3.8, 4) is 0 Å². The fraction of sp³-hybridized carbons (Fsp3) is 0.538. The van der Waals surface area contributed by atoms with E-state index in [1.54, 1.807) is 0 Å². The topological polar surface area (TPSA) is 32.3 Å². The number of hydrogen-bond acceptors (Lipinski definition) is 2. The van der Waals surface area contributed by atoms with Gasteiger partial charge in [0.05, 0.1) is 6.10 Å². The van der Waals surface area contributed by atoms with Gasteiger partial charge in [0.25, 0.3) is 0 Å². The molecule has 0 bridgehead atoms. The van der Waals surface area contributed by atoms with Crippen molar-refractivity contribution in [1.29, 1.82) is 0 Å². The molecule has 0 heterocycles. The molecule has 0 fully saturated rings. The lowest BCUT2D eigenvalue weighted by atomic mass is 10.0. The van der Waals surface area contributed by atoms with E-state index in [0.29, 0.717) is 12.6 Å². The van der Waals surface area contributed by atoms with Gasteiger partial charge in [-0.25, -0.2) is 0 Å². The predicted octanol–water partition coefficient (Wildman–Crippen LogP) is 3.26. The van der Waals surface area contributed by atoms with Crippen molar-refractivity contribution in [2.45, 2.75) is 38.8 Å². The Bertz CT molecular complexity index is 317. The van der Waals surface area contributed by atoms with Crippen molar-refractivity contribution < 1.29 is 5.11 Å². The van der Waals surface area contributed by atoms with Crippen LogP contribution >= 0.6 is 15.9 Å². The predicted molar refractivity (Wildman–Crippen MR) is 71.5 cm³/mol. The van der Waals surface area contributed by atoms with Gasteiger partial charge in [0.2, 0.25) is 0 Å². The maximum absolute atomic E-state index is 9.53. The molecule has 0 aromatic heterocycles. The molecule has 16 heavy (non-hydrogen) atoms. The lowest BCUT2D eigenvalue weighted by Gasteiger charge is -2.19. The van der Waals surface area contributed by atoms with Gasteiger partial charge in [-0.05, 0) is 30.5 Å². The van der Waals surface area contributed by atoms with Crippen LogP contribution in [-0.4, -0.2) is 17.8 Å². The molecular formula is C13H20BrNO. The molecule has 0 radical (unpaired) electrons. The maximum atomic E-state index is 9.53. The summed E-state index contributed by atoms with van der Waals surface area (Å²) in [5.74, 6) is 0. The van der Waals surface area contributed by atoms with Crippen molar-refractivity contribution in [2.24, 2.45) is 0 Å². The monoisotopic (exact) mass is 285 g/mol. The molecule has 2 unspecified atom stereocenters. The number of halogens is 1. The third-order valence-corrected chi connectivity index (χ3v) is 3.22. The normalized spacial score (nSPS) is 14.8. The lowest BCUT2D eigenvalue weighted by Crippen LogP contribution is -2.29. The van der Waals surface area contributed by atoms with E-state index in [1.807, 2.05) is 19.1 Å². The zero-order chi connectivity index (χ0) is 12.0. The fourth-order valence-corrected chi connectivity index (χ4v) is 2.06. The van der Waals surface area contributed by atoms with Gasteiger partial charge in [-0.2, -0.15) is 0 Å². The van der Waals surface area contributed by atoms with Gasteiger partial charge >= 0.3 is 0 Å². The van der Waals surface area contributed by atoms with E-state index in [9.17, 15) is 5.11 Å². The number of nitrogens with one attached hydrogen (secondary N) is 1. The first-order valence-corrected chi connectivity index (χ1v) is 6.63. The highest BCUT2D eigenvalue weighted by Crippen LogP contribution is 2.20. The molecule has 0 saturated heterocycles. The highest BCUT2D eigenvalue weighted by molar-refractivity contribution is 9.10. The van der Waals surface area contributed by atoms with Crippen LogP contribution in [0.25, 0.3) is 0 Å². The molecular weight excluding hydrogens is 266 g/mol. The molecule has 1 aromatic rings. The molecule has 0 aliphatic carbocycles. The number of aliphatic hydroxyl groups is 1. The van der Waals surface area contributed by atoms with Gasteiger partial charge in [0.1, 0.15) is 0 Å². The van der Waals surface area contributed by atoms with Crippen LogP contribution in [0.15, 0.2) is 28.7 Å². The van der Waals surface area contributed by atoms with Gasteiger partial charge in [-0.15, -0.1) is 0 Å². The molecule has 2 atom stereocenters. The molecule has 0 spiro atoms. The third-order valence-electron chi connectivity index (χ3n) is 2.73. The van der Waals surface area contributed by atoms with Gasteiger partial charge in [-0.1, -0.05) is 41.9 Å². The lowest BCUT2D eigenvalue weighted by molar-refractivity contribution is 0.162. The zero-order valence-corrected chi connectivity index (χ0v) is 11.5. The minimum Gasteiger partial charge on any atom is -0.392 e. The van der Waals surface area contributed by atoms with E-state index >= 15 is 0 Å². The molecule has 2 nitrogen and oxygen atoms in total. The number of rotatable bonds is 6. The summed E-state index contributed by atoms with van der Waals surface area (Å²) in [6.07, 6.45) is 1.57. The Morgan fingerprint density at radius 3 is 2.62 bits per heavy atom. The quantitative estimate of drug-likeness (QED) is 0.841. The first-order chi connectivity index (χ1) is 7.67. The van der Waals surface area contributed by atoms with Crippen molar-refractivity contribution in [1.82, 2.24) is 5.32 Å². The van der Waals surface area contributed by atoms with Gasteiger partial charge < -0.3 is 10.4 Å². The first kappa shape index (κ1) is 13.7. The van der Waals surface area contributed by atoms with Crippen LogP contribution in [-0.2, 0) is 0 Å². The zero-order valence-electron chi connectivity index (χ0n) is 9.91. The fourth-order valence-electron chi connectivity index (χ4n) is 1.64. The largest absolute Gasteiger partial charge is 0.392 e. The summed E-state index contributed by atoms with van der Waals surface area (Å²) in [5.41, 5.74) is 1.26. The Kier molecular flexibility index (Phi) is 6.03. The van der Waals surface area contributed by atoms with Crippen LogP contribution in [0.3, 0.4) is 0 Å². The summed E-state index contributed by atoms with van der Waals surface area (Å²) in [7, 11) is 0. The maximum Gasteiger partial charge on any atom is 0.0662 e. The van der Waals surface area contributed by atoms with Crippen LogP contribution in [0, 0.1) is 0 Å². The Balaban J connectivity index is 2.60. The van der Waals surface area contributed by atoms with Crippen LogP contribution in [0.5, 0.6) is 0 Å². The average Bonchev–Trinajstić information content (AvgIpc) is 2.29. The van der Waals surface area contributed by atoms with Crippen molar-refractivity contribution in [3.05, 3.63) is 34.3 Å². The number of benzene rings is 1. The highest BCUT2D eigenvalue weighted by Gasteiger charge is 2.10. The number of aliphatic hydroxyl groups excluding tert-OH is 1. The van der Waals surface area contributed by atoms with Crippen molar-refractivity contribution >= 4 is 15.9 Å². The molecule has 2 N–H and O–H groups in total. The average molecular weight is 286 g/mol. The minimum atomic E-state index is -0.249. The Hall–Kier alpha value is -0.380. The summed E-state index contributed by atoms with van der Waals surface area (Å²) < 4.78 is 1.10. The van der Waals surface area contributed by atoms with Gasteiger partial charge in [0, 0.05) is 17.1 Å². The second-order valence-corrected chi connectivity index (χ2v) is 4.90. The van der Waals surface area contributed by atoms with Crippen LogP contribution < -0.4 is 5.32 Å². The van der Waals surface area contributed by atoms with Gasteiger partial charge in [-0.3, -0.25) is 0 Å². The molecule has 0 saturated carbocycles. The van der Waals surface area contributed by atoms with E-state index < -0.39 is 0 Å². The molecule has 1 rings (SSSR count). The SMILES string of the molecule is CCC(O)CNC(CC)c1cccc(Br)c1. The van der Waals surface area contributed by atoms with Crippen LogP contribution in [0.1, 0.15) is 38.3 Å². The smallest absolute Gasteiger partial charge is 0.0662 e. The summed E-state index contributed by atoms with van der Waals surface area (Å²) in [6, 6.07) is 8.62. The Labute approximate surface area is 106 Å². The summed E-state index contributed by atoms with van der Waals surface area (Å²) in [5, 5.41) is 12.9. The van der Waals surface area contributed by atoms with E-state index in [-0.39, 0.29) is 6.10 Å². The second kappa shape index (κ2) is 7.05. The Morgan fingerprint density at radius 2 is 2.06 bits per heavy atom. The summed E-state index contributed by atoms with van der Waals surface area (Å²) in [4.78, 5) is 0. The van der Waals surface area contributed by atoms with E-state index in [1.165, 1.54) is 5.56 Å². The molecule has 0 aliphatic heterocycles. The molecule has 0 aliphatic rings. The van der Waals surface area contributed by atoms with E-state index in [2.05, 4.69) is 40.3 Å². The first-order valence-electron chi connectivity index (χ1n) is 5.84. The van der Waals surface area contributed by atoms with Crippen LogP contribution in [0.2, 0.25) is 0 Å². The minimum absolute atomic E-state index is 0.249. The molecule has 0 amide bonds. The van der Waals surface area contributed by atoms with Crippen molar-refractivity contribution in [3.63, 3.8) is 0 Å². The molecule has 3 heteroatoms.